The summed E-state index contributed by atoms with van der Waals surface area (Å²) in [6, 6.07) is 9.25. The quantitative estimate of drug-likeness (QED) is 0.271. The fourth-order valence-corrected chi connectivity index (χ4v) is 2.71. The van der Waals surface area contributed by atoms with Crippen molar-refractivity contribution >= 4 is 17.4 Å². The molecule has 0 saturated heterocycles. The predicted octanol–water partition coefficient (Wildman–Crippen LogP) is 3.99. The van der Waals surface area contributed by atoms with Gasteiger partial charge in [0.2, 0.25) is 5.78 Å². The molecule has 0 aliphatic heterocycles. The number of esters is 1. The molecule has 8 heteroatoms. The highest BCUT2D eigenvalue weighted by molar-refractivity contribution is 6.02. The number of carbonyl (C=O) groups excluding carboxylic acids is 2. The number of nitro groups is 1. The summed E-state index contributed by atoms with van der Waals surface area (Å²) in [5.74, 6) is -1.11. The first-order chi connectivity index (χ1) is 13.8. The summed E-state index contributed by atoms with van der Waals surface area (Å²) in [7, 11) is 1.35. The highest BCUT2D eigenvalue weighted by atomic mass is 16.6. The number of benzene rings is 2. The van der Waals surface area contributed by atoms with Gasteiger partial charge in [-0.3, -0.25) is 14.9 Å². The average Bonchev–Trinajstić information content (AvgIpc) is 2.72. The summed E-state index contributed by atoms with van der Waals surface area (Å²) in [6.07, 6.45) is -0.283. The number of aryl methyl sites for hydroxylation is 1. The smallest absolute Gasteiger partial charge is 0.346 e. The molecule has 0 bridgehead atoms. The highest BCUT2D eigenvalue weighted by Gasteiger charge is 2.28. The summed E-state index contributed by atoms with van der Waals surface area (Å²) in [6.45, 7) is 5.40. The van der Waals surface area contributed by atoms with Gasteiger partial charge < -0.3 is 14.2 Å². The molecule has 29 heavy (non-hydrogen) atoms. The van der Waals surface area contributed by atoms with Crippen LogP contribution >= 0.6 is 0 Å². The number of methoxy groups -OCH3 is 1. The van der Waals surface area contributed by atoms with E-state index in [0.717, 1.165) is 18.1 Å². The SMILES string of the molecule is CCOc1cc([N+](=O)[O-])c(C(=O)OC(C)C(=O)c2ccc(CC)cc2)cc1OC. The first-order valence-corrected chi connectivity index (χ1v) is 9.15. The molecule has 0 N–H and O–H groups in total. The normalized spacial score (nSPS) is 11.4. The Balaban J connectivity index is 2.28. The lowest BCUT2D eigenvalue weighted by molar-refractivity contribution is -0.385. The van der Waals surface area contributed by atoms with Crippen molar-refractivity contribution in [2.45, 2.75) is 33.3 Å². The Bertz CT molecular complexity index is 906. The van der Waals surface area contributed by atoms with Crippen LogP contribution in [0.5, 0.6) is 11.5 Å². The second-order valence-corrected chi connectivity index (χ2v) is 6.17. The Kier molecular flexibility index (Phi) is 7.30. The number of nitro benzene ring substituents is 1. The second-order valence-electron chi connectivity index (χ2n) is 6.17. The first kappa shape index (κ1) is 21.9. The summed E-state index contributed by atoms with van der Waals surface area (Å²) in [5.41, 5.74) is 0.645. The number of Topliss-reactive ketones (excluding diaryl/α,β-unsaturated/α-hetero) is 1. The number of hydrogen-bond donors (Lipinski definition) is 0. The molecular formula is C21H23NO7. The van der Waals surface area contributed by atoms with Crippen LogP contribution in [0.1, 0.15) is 47.1 Å². The van der Waals surface area contributed by atoms with E-state index in [1.165, 1.54) is 20.1 Å². The summed E-state index contributed by atoms with van der Waals surface area (Å²) < 4.78 is 15.7. The van der Waals surface area contributed by atoms with Crippen molar-refractivity contribution in [1.29, 1.82) is 0 Å². The van der Waals surface area contributed by atoms with Gasteiger partial charge in [0, 0.05) is 11.6 Å². The van der Waals surface area contributed by atoms with Gasteiger partial charge in [-0.1, -0.05) is 31.2 Å². The Hall–Kier alpha value is -3.42. The molecule has 0 aliphatic carbocycles. The molecule has 0 spiro atoms. The van der Waals surface area contributed by atoms with Crippen molar-refractivity contribution in [1.82, 2.24) is 0 Å². The molecule has 0 saturated carbocycles. The number of ketones is 1. The molecule has 2 aromatic rings. The van der Waals surface area contributed by atoms with Crippen LogP contribution in [-0.4, -0.2) is 36.5 Å². The molecule has 0 radical (unpaired) electrons. The van der Waals surface area contributed by atoms with Crippen LogP contribution in [0, 0.1) is 10.1 Å². The molecular weight excluding hydrogens is 378 g/mol. The van der Waals surface area contributed by atoms with E-state index in [2.05, 4.69) is 0 Å². The first-order valence-electron chi connectivity index (χ1n) is 9.15. The minimum atomic E-state index is -1.12. The van der Waals surface area contributed by atoms with Gasteiger partial charge >= 0.3 is 5.97 Å². The standard InChI is InChI=1S/C21H23NO7/c1-5-14-7-9-15(10-8-14)20(23)13(3)29-21(24)16-11-18(27-4)19(28-6-2)12-17(16)22(25)26/h7-13H,5-6H2,1-4H3. The highest BCUT2D eigenvalue weighted by Crippen LogP contribution is 2.35. The minimum Gasteiger partial charge on any atom is -0.493 e. The van der Waals surface area contributed by atoms with Crippen molar-refractivity contribution in [2.24, 2.45) is 0 Å². The zero-order valence-corrected chi connectivity index (χ0v) is 16.8. The number of rotatable bonds is 9. The minimum absolute atomic E-state index is 0.137. The number of ether oxygens (including phenoxy) is 3. The molecule has 2 aromatic carbocycles. The molecule has 0 heterocycles. The lowest BCUT2D eigenvalue weighted by atomic mass is 10.0. The van der Waals surface area contributed by atoms with Gasteiger partial charge in [-0.25, -0.2) is 4.79 Å². The van der Waals surface area contributed by atoms with E-state index in [0.29, 0.717) is 5.56 Å². The maximum absolute atomic E-state index is 12.6. The van der Waals surface area contributed by atoms with Crippen LogP contribution < -0.4 is 9.47 Å². The molecule has 0 fully saturated rings. The molecule has 0 aliphatic rings. The fraction of sp³-hybridized carbons (Fsp3) is 0.333. The molecule has 2 rings (SSSR count). The van der Waals surface area contributed by atoms with Gasteiger partial charge in [0.05, 0.1) is 24.7 Å². The van der Waals surface area contributed by atoms with Crippen LogP contribution in [0.3, 0.4) is 0 Å². The maximum Gasteiger partial charge on any atom is 0.346 e. The maximum atomic E-state index is 12.6. The van der Waals surface area contributed by atoms with Gasteiger partial charge in [0.25, 0.3) is 5.69 Å². The molecule has 8 nitrogen and oxygen atoms in total. The summed E-state index contributed by atoms with van der Waals surface area (Å²) >= 11 is 0. The zero-order chi connectivity index (χ0) is 21.6. The molecule has 1 unspecified atom stereocenters. The van der Waals surface area contributed by atoms with E-state index in [1.807, 2.05) is 19.1 Å². The monoisotopic (exact) mass is 401 g/mol. The molecule has 0 aromatic heterocycles. The Morgan fingerprint density at radius 2 is 1.76 bits per heavy atom. The zero-order valence-electron chi connectivity index (χ0n) is 16.8. The van der Waals surface area contributed by atoms with Crippen molar-refractivity contribution in [3.05, 3.63) is 63.2 Å². The number of hydrogen-bond acceptors (Lipinski definition) is 7. The van der Waals surface area contributed by atoms with Crippen molar-refractivity contribution in [2.75, 3.05) is 13.7 Å². The number of carbonyl (C=O) groups is 2. The van der Waals surface area contributed by atoms with E-state index >= 15 is 0 Å². The van der Waals surface area contributed by atoms with Crippen molar-refractivity contribution in [3.63, 3.8) is 0 Å². The van der Waals surface area contributed by atoms with Crippen molar-refractivity contribution in [3.8, 4) is 11.5 Å². The van der Waals surface area contributed by atoms with Gasteiger partial charge in [-0.15, -0.1) is 0 Å². The summed E-state index contributed by atoms with van der Waals surface area (Å²) in [5, 5.41) is 11.4. The van der Waals surface area contributed by atoms with Gasteiger partial charge in [-0.05, 0) is 25.8 Å². The van der Waals surface area contributed by atoms with E-state index in [9.17, 15) is 19.7 Å². The van der Waals surface area contributed by atoms with Crippen LogP contribution in [-0.2, 0) is 11.2 Å². The lowest BCUT2D eigenvalue weighted by Crippen LogP contribution is -2.25. The van der Waals surface area contributed by atoms with Crippen molar-refractivity contribution < 1.29 is 28.7 Å². The molecule has 0 amide bonds. The topological polar surface area (TPSA) is 105 Å². The lowest BCUT2D eigenvalue weighted by Gasteiger charge is -2.14. The third-order valence-electron chi connectivity index (χ3n) is 4.30. The summed E-state index contributed by atoms with van der Waals surface area (Å²) in [4.78, 5) is 35.8. The van der Waals surface area contributed by atoms with Crippen LogP contribution in [0.15, 0.2) is 36.4 Å². The largest absolute Gasteiger partial charge is 0.493 e. The van der Waals surface area contributed by atoms with E-state index < -0.39 is 28.5 Å². The van der Waals surface area contributed by atoms with E-state index in [4.69, 9.17) is 14.2 Å². The van der Waals surface area contributed by atoms with E-state index in [-0.39, 0.29) is 23.7 Å². The van der Waals surface area contributed by atoms with E-state index in [1.54, 1.807) is 19.1 Å². The van der Waals surface area contributed by atoms with Gasteiger partial charge in [0.15, 0.2) is 17.6 Å². The average molecular weight is 401 g/mol. The third-order valence-corrected chi connectivity index (χ3v) is 4.30. The van der Waals surface area contributed by atoms with Crippen LogP contribution in [0.25, 0.3) is 0 Å². The van der Waals surface area contributed by atoms with Crippen LogP contribution in [0.4, 0.5) is 5.69 Å². The third kappa shape index (κ3) is 5.10. The Morgan fingerprint density at radius 3 is 2.28 bits per heavy atom. The predicted molar refractivity (Wildman–Crippen MR) is 106 cm³/mol. The van der Waals surface area contributed by atoms with Gasteiger partial charge in [-0.2, -0.15) is 0 Å². The number of nitrogens with zero attached hydrogens (tertiary/aromatic N) is 1. The Morgan fingerprint density at radius 1 is 1.10 bits per heavy atom. The van der Waals surface area contributed by atoms with Gasteiger partial charge in [0.1, 0.15) is 5.56 Å². The Labute approximate surface area is 168 Å². The van der Waals surface area contributed by atoms with Crippen LogP contribution in [0.2, 0.25) is 0 Å². The second kappa shape index (κ2) is 9.68. The molecule has 1 atom stereocenters. The fourth-order valence-electron chi connectivity index (χ4n) is 2.71. The molecule has 154 valence electrons.